The van der Waals surface area contributed by atoms with E-state index >= 15 is 0 Å². The third-order valence-corrected chi connectivity index (χ3v) is 2.31. The zero-order valence-corrected chi connectivity index (χ0v) is 7.36. The van der Waals surface area contributed by atoms with E-state index in [0.717, 1.165) is 6.42 Å². The zero-order valence-electron chi connectivity index (χ0n) is 7.36. The van der Waals surface area contributed by atoms with Crippen LogP contribution in [0.5, 0.6) is 0 Å². The summed E-state index contributed by atoms with van der Waals surface area (Å²) >= 11 is 0. The number of likely N-dealkylation sites (tertiary alicyclic amines) is 1. The highest BCUT2D eigenvalue weighted by Gasteiger charge is 2.28. The highest BCUT2D eigenvalue weighted by atomic mass is 16.3. The lowest BCUT2D eigenvalue weighted by atomic mass is 10.2. The molecular weight excluding hydrogens is 156 g/mol. The fourth-order valence-electron chi connectivity index (χ4n) is 1.46. The van der Waals surface area contributed by atoms with Crippen LogP contribution in [0.4, 0.5) is 0 Å². The van der Waals surface area contributed by atoms with Gasteiger partial charge in [-0.15, -0.1) is 0 Å². The topological polar surface area (TPSA) is 66.6 Å². The Hall–Kier alpha value is -0.610. The molecule has 1 amide bonds. The van der Waals surface area contributed by atoms with Crippen molar-refractivity contribution in [2.75, 3.05) is 13.1 Å². The molecule has 1 aliphatic rings. The molecule has 1 aliphatic heterocycles. The Morgan fingerprint density at radius 1 is 1.83 bits per heavy atom. The van der Waals surface area contributed by atoms with Gasteiger partial charge in [-0.1, -0.05) is 0 Å². The summed E-state index contributed by atoms with van der Waals surface area (Å²) in [5.74, 6) is 0.134. The van der Waals surface area contributed by atoms with Gasteiger partial charge >= 0.3 is 0 Å². The summed E-state index contributed by atoms with van der Waals surface area (Å²) in [6.07, 6.45) is 0.934. The normalized spacial score (nSPS) is 26.4. The Morgan fingerprint density at radius 2 is 2.50 bits per heavy atom. The number of rotatable bonds is 3. The molecule has 1 rings (SSSR count). The SMILES string of the molecule is CC1CCC(=O)N1CC(O)CN. The molecule has 0 aromatic heterocycles. The number of amides is 1. The van der Waals surface area contributed by atoms with Crippen molar-refractivity contribution in [1.29, 1.82) is 0 Å². The Labute approximate surface area is 72.3 Å². The van der Waals surface area contributed by atoms with Crippen LogP contribution in [0.15, 0.2) is 0 Å². The van der Waals surface area contributed by atoms with Crippen LogP contribution >= 0.6 is 0 Å². The molecule has 70 valence electrons. The highest BCUT2D eigenvalue weighted by Crippen LogP contribution is 2.17. The molecule has 0 aromatic carbocycles. The van der Waals surface area contributed by atoms with Crippen molar-refractivity contribution in [1.82, 2.24) is 4.90 Å². The molecule has 1 heterocycles. The van der Waals surface area contributed by atoms with Gasteiger partial charge in [0.05, 0.1) is 6.10 Å². The molecule has 0 spiro atoms. The van der Waals surface area contributed by atoms with Gasteiger partial charge in [-0.05, 0) is 13.3 Å². The van der Waals surface area contributed by atoms with E-state index in [2.05, 4.69) is 0 Å². The van der Waals surface area contributed by atoms with Crippen LogP contribution < -0.4 is 5.73 Å². The van der Waals surface area contributed by atoms with Gasteiger partial charge in [-0.25, -0.2) is 0 Å². The molecule has 12 heavy (non-hydrogen) atoms. The second-order valence-electron chi connectivity index (χ2n) is 3.32. The van der Waals surface area contributed by atoms with Gasteiger partial charge < -0.3 is 15.7 Å². The van der Waals surface area contributed by atoms with E-state index in [0.29, 0.717) is 13.0 Å². The lowest BCUT2D eigenvalue weighted by Gasteiger charge is -2.23. The van der Waals surface area contributed by atoms with Crippen LogP contribution in [0.2, 0.25) is 0 Å². The van der Waals surface area contributed by atoms with E-state index in [4.69, 9.17) is 5.73 Å². The smallest absolute Gasteiger partial charge is 0.222 e. The lowest BCUT2D eigenvalue weighted by Crippen LogP contribution is -2.40. The number of aliphatic hydroxyl groups excluding tert-OH is 1. The van der Waals surface area contributed by atoms with Crippen molar-refractivity contribution in [3.8, 4) is 0 Å². The Morgan fingerprint density at radius 3 is 2.92 bits per heavy atom. The minimum Gasteiger partial charge on any atom is -0.390 e. The number of carbonyl (C=O) groups is 1. The van der Waals surface area contributed by atoms with Crippen LogP contribution in [0.25, 0.3) is 0 Å². The number of nitrogens with zero attached hydrogens (tertiary/aromatic N) is 1. The zero-order chi connectivity index (χ0) is 9.14. The molecule has 4 nitrogen and oxygen atoms in total. The minimum absolute atomic E-state index is 0.134. The van der Waals surface area contributed by atoms with E-state index in [1.165, 1.54) is 0 Å². The molecule has 2 atom stereocenters. The van der Waals surface area contributed by atoms with Crippen LogP contribution in [0, 0.1) is 0 Å². The van der Waals surface area contributed by atoms with E-state index in [1.54, 1.807) is 4.90 Å². The quantitative estimate of drug-likeness (QED) is 0.592. The molecule has 2 unspecified atom stereocenters. The summed E-state index contributed by atoms with van der Waals surface area (Å²) in [4.78, 5) is 12.9. The largest absolute Gasteiger partial charge is 0.390 e. The molecule has 0 bridgehead atoms. The first-order chi connectivity index (χ1) is 5.65. The minimum atomic E-state index is -0.575. The summed E-state index contributed by atoms with van der Waals surface area (Å²) in [6, 6.07) is 0.263. The second-order valence-corrected chi connectivity index (χ2v) is 3.32. The summed E-state index contributed by atoms with van der Waals surface area (Å²) in [5, 5.41) is 9.24. The van der Waals surface area contributed by atoms with Gasteiger partial charge in [0.1, 0.15) is 0 Å². The van der Waals surface area contributed by atoms with Crippen molar-refractivity contribution in [3.05, 3.63) is 0 Å². The van der Waals surface area contributed by atoms with E-state index in [1.807, 2.05) is 6.92 Å². The maximum atomic E-state index is 11.2. The average molecular weight is 172 g/mol. The third-order valence-electron chi connectivity index (χ3n) is 2.31. The Bertz CT molecular complexity index is 172. The van der Waals surface area contributed by atoms with Crippen LogP contribution in [-0.2, 0) is 4.79 Å². The fourth-order valence-corrected chi connectivity index (χ4v) is 1.46. The molecule has 1 saturated heterocycles. The van der Waals surface area contributed by atoms with E-state index in [9.17, 15) is 9.90 Å². The van der Waals surface area contributed by atoms with Crippen molar-refractivity contribution in [2.45, 2.75) is 31.9 Å². The molecule has 0 saturated carbocycles. The van der Waals surface area contributed by atoms with Crippen LogP contribution in [0.1, 0.15) is 19.8 Å². The van der Waals surface area contributed by atoms with Gasteiger partial charge in [-0.2, -0.15) is 0 Å². The first-order valence-corrected chi connectivity index (χ1v) is 4.32. The molecule has 0 radical (unpaired) electrons. The van der Waals surface area contributed by atoms with Crippen molar-refractivity contribution in [3.63, 3.8) is 0 Å². The van der Waals surface area contributed by atoms with Crippen LogP contribution in [-0.4, -0.2) is 41.1 Å². The van der Waals surface area contributed by atoms with Gasteiger partial charge in [0.25, 0.3) is 0 Å². The molecular formula is C8H16N2O2. The van der Waals surface area contributed by atoms with Gasteiger partial charge in [-0.3, -0.25) is 4.79 Å². The number of hydrogen-bond donors (Lipinski definition) is 2. The number of nitrogens with two attached hydrogens (primary N) is 1. The fraction of sp³-hybridized carbons (Fsp3) is 0.875. The summed E-state index contributed by atoms with van der Waals surface area (Å²) < 4.78 is 0. The first-order valence-electron chi connectivity index (χ1n) is 4.32. The van der Waals surface area contributed by atoms with Crippen LogP contribution in [0.3, 0.4) is 0 Å². The van der Waals surface area contributed by atoms with Crippen molar-refractivity contribution >= 4 is 5.91 Å². The second kappa shape index (κ2) is 3.87. The third kappa shape index (κ3) is 1.95. The maximum absolute atomic E-state index is 11.2. The Kier molecular flexibility index (Phi) is 3.05. The van der Waals surface area contributed by atoms with Gasteiger partial charge in [0, 0.05) is 25.6 Å². The average Bonchev–Trinajstić information content (AvgIpc) is 2.35. The van der Waals surface area contributed by atoms with Gasteiger partial charge in [0.2, 0.25) is 5.91 Å². The van der Waals surface area contributed by atoms with E-state index < -0.39 is 6.10 Å². The molecule has 0 aromatic rings. The standard InChI is InChI=1S/C8H16N2O2/c1-6-2-3-8(12)10(6)5-7(11)4-9/h6-7,11H,2-5,9H2,1H3. The highest BCUT2D eigenvalue weighted by molar-refractivity contribution is 5.78. The predicted molar refractivity (Wildman–Crippen MR) is 45.5 cm³/mol. The molecule has 3 N–H and O–H groups in total. The number of carbonyl (C=O) groups excluding carboxylic acids is 1. The number of aliphatic hydroxyl groups is 1. The van der Waals surface area contributed by atoms with Crippen molar-refractivity contribution in [2.24, 2.45) is 5.73 Å². The molecule has 0 aliphatic carbocycles. The maximum Gasteiger partial charge on any atom is 0.222 e. The Balaban J connectivity index is 2.44. The van der Waals surface area contributed by atoms with E-state index in [-0.39, 0.29) is 18.5 Å². The predicted octanol–water partition coefficient (Wildman–Crippen LogP) is -0.683. The molecule has 4 heteroatoms. The summed E-state index contributed by atoms with van der Waals surface area (Å²) in [7, 11) is 0. The summed E-state index contributed by atoms with van der Waals surface area (Å²) in [5.41, 5.74) is 5.25. The number of hydrogen-bond acceptors (Lipinski definition) is 3. The van der Waals surface area contributed by atoms with Crippen molar-refractivity contribution < 1.29 is 9.90 Å². The van der Waals surface area contributed by atoms with Gasteiger partial charge in [0.15, 0.2) is 0 Å². The molecule has 1 fully saturated rings. The lowest BCUT2D eigenvalue weighted by molar-refractivity contribution is -0.130. The monoisotopic (exact) mass is 172 g/mol. The first kappa shape index (κ1) is 9.48. The summed E-state index contributed by atoms with van der Waals surface area (Å²) in [6.45, 7) is 2.60. The number of β-amino-alcohol motifs (C(OH)–C–C–N with tert-alkyl or cyclic N) is 1.